The summed E-state index contributed by atoms with van der Waals surface area (Å²) in [7, 11) is 0. The fraction of sp³-hybridized carbons (Fsp3) is 0.308. The summed E-state index contributed by atoms with van der Waals surface area (Å²) in [6, 6.07) is 4.41. The first-order valence-electron chi connectivity index (χ1n) is 6.52. The number of oxime groups is 1. The Morgan fingerprint density at radius 1 is 1.38 bits per heavy atom. The zero-order chi connectivity index (χ0) is 14.8. The summed E-state index contributed by atoms with van der Waals surface area (Å²) in [5, 5.41) is 19.5. The molecule has 7 nitrogen and oxygen atoms in total. The van der Waals surface area contributed by atoms with Gasteiger partial charge in [-0.3, -0.25) is 4.90 Å². The van der Waals surface area contributed by atoms with E-state index in [1.54, 1.807) is 12.4 Å². The number of nitrogens with two attached hydrogens (primary N) is 1. The fourth-order valence-electron chi connectivity index (χ4n) is 2.46. The van der Waals surface area contributed by atoms with Gasteiger partial charge in [-0.25, -0.2) is 4.39 Å². The van der Waals surface area contributed by atoms with Crippen molar-refractivity contribution in [2.45, 2.75) is 19.6 Å². The van der Waals surface area contributed by atoms with Gasteiger partial charge in [0.25, 0.3) is 0 Å². The number of aromatic nitrogens is 3. The average molecular weight is 290 g/mol. The van der Waals surface area contributed by atoms with Crippen LogP contribution in [0.3, 0.4) is 0 Å². The zero-order valence-electron chi connectivity index (χ0n) is 11.3. The van der Waals surface area contributed by atoms with Crippen LogP contribution in [0.2, 0.25) is 0 Å². The highest BCUT2D eigenvalue weighted by Crippen LogP contribution is 2.15. The Morgan fingerprint density at radius 2 is 2.24 bits per heavy atom. The van der Waals surface area contributed by atoms with Crippen LogP contribution in [0.5, 0.6) is 0 Å². The van der Waals surface area contributed by atoms with Gasteiger partial charge in [0.05, 0.1) is 6.54 Å². The Balaban J connectivity index is 1.78. The van der Waals surface area contributed by atoms with Gasteiger partial charge in [0, 0.05) is 25.2 Å². The summed E-state index contributed by atoms with van der Waals surface area (Å²) in [5.41, 5.74) is 6.65. The van der Waals surface area contributed by atoms with Gasteiger partial charge in [0.15, 0.2) is 5.84 Å². The molecule has 0 unspecified atom stereocenters. The molecule has 3 rings (SSSR count). The lowest BCUT2D eigenvalue weighted by Gasteiger charge is -2.27. The normalized spacial score (nSPS) is 16.0. The standard InChI is InChI=1S/C13H15FN6O/c14-11-4-9(3-10(5-11)13(15)18-21)6-19-1-2-20-8-16-17-12(20)7-19/h3-5,8,21H,1-2,6-7H2,(H2,15,18). The fourth-order valence-corrected chi connectivity index (χ4v) is 2.46. The average Bonchev–Trinajstić information content (AvgIpc) is 2.93. The largest absolute Gasteiger partial charge is 0.409 e. The molecule has 2 heterocycles. The van der Waals surface area contributed by atoms with E-state index in [-0.39, 0.29) is 5.84 Å². The highest BCUT2D eigenvalue weighted by Gasteiger charge is 2.18. The molecule has 0 atom stereocenters. The first-order valence-corrected chi connectivity index (χ1v) is 6.52. The molecule has 110 valence electrons. The number of hydrogen-bond acceptors (Lipinski definition) is 5. The molecule has 0 amide bonds. The molecule has 0 aliphatic carbocycles. The van der Waals surface area contributed by atoms with Crippen molar-refractivity contribution >= 4 is 5.84 Å². The van der Waals surface area contributed by atoms with E-state index in [1.165, 1.54) is 12.1 Å². The second kappa shape index (κ2) is 5.49. The SMILES string of the molecule is N/C(=N/O)c1cc(F)cc(CN2CCn3cnnc3C2)c1. The third-order valence-corrected chi connectivity index (χ3v) is 3.49. The van der Waals surface area contributed by atoms with E-state index in [1.807, 2.05) is 4.57 Å². The summed E-state index contributed by atoms with van der Waals surface area (Å²) >= 11 is 0. The van der Waals surface area contributed by atoms with Crippen LogP contribution < -0.4 is 5.73 Å². The molecule has 3 N–H and O–H groups in total. The van der Waals surface area contributed by atoms with Crippen molar-refractivity contribution in [2.75, 3.05) is 6.54 Å². The number of nitrogens with zero attached hydrogens (tertiary/aromatic N) is 5. The number of benzene rings is 1. The number of fused-ring (bicyclic) bond motifs is 1. The Kier molecular flexibility index (Phi) is 3.53. The van der Waals surface area contributed by atoms with E-state index in [0.717, 1.165) is 24.5 Å². The van der Waals surface area contributed by atoms with Crippen molar-refractivity contribution in [3.8, 4) is 0 Å². The molecule has 0 saturated carbocycles. The van der Waals surface area contributed by atoms with E-state index < -0.39 is 5.82 Å². The van der Waals surface area contributed by atoms with Gasteiger partial charge < -0.3 is 15.5 Å². The maximum Gasteiger partial charge on any atom is 0.170 e. The van der Waals surface area contributed by atoms with Gasteiger partial charge in [-0.05, 0) is 23.8 Å². The third kappa shape index (κ3) is 2.84. The summed E-state index contributed by atoms with van der Waals surface area (Å²) in [6.45, 7) is 2.87. The lowest BCUT2D eigenvalue weighted by Crippen LogP contribution is -2.33. The van der Waals surface area contributed by atoms with Crippen molar-refractivity contribution in [1.82, 2.24) is 19.7 Å². The summed E-state index contributed by atoms with van der Waals surface area (Å²) in [6.07, 6.45) is 1.71. The lowest BCUT2D eigenvalue weighted by atomic mass is 10.1. The van der Waals surface area contributed by atoms with Crippen LogP contribution >= 0.6 is 0 Å². The van der Waals surface area contributed by atoms with Gasteiger partial charge in [-0.15, -0.1) is 10.2 Å². The first-order chi connectivity index (χ1) is 10.2. The van der Waals surface area contributed by atoms with Crippen molar-refractivity contribution in [1.29, 1.82) is 0 Å². The molecule has 0 bridgehead atoms. The summed E-state index contributed by atoms with van der Waals surface area (Å²) < 4.78 is 15.6. The summed E-state index contributed by atoms with van der Waals surface area (Å²) in [4.78, 5) is 2.15. The minimum atomic E-state index is -0.408. The minimum Gasteiger partial charge on any atom is -0.409 e. The molecule has 1 aromatic carbocycles. The van der Waals surface area contributed by atoms with Crippen molar-refractivity contribution < 1.29 is 9.60 Å². The predicted molar refractivity (Wildman–Crippen MR) is 73.0 cm³/mol. The Bertz CT molecular complexity index is 683. The van der Waals surface area contributed by atoms with Gasteiger partial charge in [0.1, 0.15) is 18.0 Å². The van der Waals surface area contributed by atoms with Gasteiger partial charge in [-0.1, -0.05) is 5.16 Å². The molecule has 0 fully saturated rings. The van der Waals surface area contributed by atoms with Crippen LogP contribution in [0.4, 0.5) is 4.39 Å². The maximum atomic E-state index is 13.6. The Labute approximate surface area is 120 Å². The maximum absolute atomic E-state index is 13.6. The van der Waals surface area contributed by atoms with Crippen molar-refractivity contribution in [3.63, 3.8) is 0 Å². The van der Waals surface area contributed by atoms with E-state index in [2.05, 4.69) is 20.3 Å². The monoisotopic (exact) mass is 290 g/mol. The Morgan fingerprint density at radius 3 is 3.05 bits per heavy atom. The molecule has 0 radical (unpaired) electrons. The third-order valence-electron chi connectivity index (χ3n) is 3.49. The van der Waals surface area contributed by atoms with Crippen LogP contribution in [0.15, 0.2) is 29.7 Å². The highest BCUT2D eigenvalue weighted by molar-refractivity contribution is 5.97. The highest BCUT2D eigenvalue weighted by atomic mass is 19.1. The predicted octanol–water partition coefficient (Wildman–Crippen LogP) is 0.527. The van der Waals surface area contributed by atoms with Crippen molar-refractivity contribution in [2.24, 2.45) is 10.9 Å². The van der Waals surface area contributed by atoms with Gasteiger partial charge >= 0.3 is 0 Å². The second-order valence-corrected chi connectivity index (χ2v) is 4.98. The second-order valence-electron chi connectivity index (χ2n) is 4.98. The molecular weight excluding hydrogens is 275 g/mol. The molecule has 1 aliphatic rings. The minimum absolute atomic E-state index is 0.103. The molecule has 2 aromatic rings. The molecular formula is C13H15FN6O. The van der Waals surface area contributed by atoms with Crippen LogP contribution in [-0.4, -0.2) is 37.3 Å². The molecule has 0 saturated heterocycles. The molecule has 8 heteroatoms. The Hall–Kier alpha value is -2.48. The number of amidine groups is 1. The van der Waals surface area contributed by atoms with Crippen LogP contribution in [-0.2, 0) is 19.6 Å². The van der Waals surface area contributed by atoms with Crippen molar-refractivity contribution in [3.05, 3.63) is 47.3 Å². The van der Waals surface area contributed by atoms with Gasteiger partial charge in [-0.2, -0.15) is 0 Å². The molecule has 21 heavy (non-hydrogen) atoms. The summed E-state index contributed by atoms with van der Waals surface area (Å²) in [5.74, 6) is 0.387. The zero-order valence-corrected chi connectivity index (χ0v) is 11.3. The quantitative estimate of drug-likeness (QED) is 0.372. The van der Waals surface area contributed by atoms with E-state index in [0.29, 0.717) is 18.7 Å². The van der Waals surface area contributed by atoms with Crippen LogP contribution in [0.1, 0.15) is 17.0 Å². The molecule has 1 aromatic heterocycles. The topological polar surface area (TPSA) is 92.6 Å². The number of rotatable bonds is 3. The first kappa shape index (κ1) is 13.5. The van der Waals surface area contributed by atoms with Gasteiger partial charge in [0.2, 0.25) is 0 Å². The van der Waals surface area contributed by atoms with E-state index in [4.69, 9.17) is 10.9 Å². The lowest BCUT2D eigenvalue weighted by molar-refractivity contribution is 0.208. The smallest absolute Gasteiger partial charge is 0.170 e. The molecule has 1 aliphatic heterocycles. The number of hydrogen-bond donors (Lipinski definition) is 2. The molecule has 0 spiro atoms. The van der Waals surface area contributed by atoms with Crippen LogP contribution in [0, 0.1) is 5.82 Å². The van der Waals surface area contributed by atoms with E-state index in [9.17, 15) is 4.39 Å². The number of halogens is 1. The van der Waals surface area contributed by atoms with Crippen LogP contribution in [0.25, 0.3) is 0 Å². The van der Waals surface area contributed by atoms with E-state index >= 15 is 0 Å².